The summed E-state index contributed by atoms with van der Waals surface area (Å²) in [5.74, 6) is 0.360. The number of hydrogen-bond acceptors (Lipinski definition) is 3. The lowest BCUT2D eigenvalue weighted by molar-refractivity contribution is 0.0335. The highest BCUT2D eigenvalue weighted by atomic mass is 16.3. The van der Waals surface area contributed by atoms with Crippen LogP contribution < -0.4 is 5.73 Å². The summed E-state index contributed by atoms with van der Waals surface area (Å²) in [5, 5.41) is 10.2. The van der Waals surface area contributed by atoms with E-state index in [1.54, 1.807) is 18.5 Å². The Kier molecular flexibility index (Phi) is 1.77. The molecule has 0 aromatic carbocycles. The third-order valence-corrected chi connectivity index (χ3v) is 2.77. The van der Waals surface area contributed by atoms with Gasteiger partial charge in [0, 0.05) is 23.6 Å². The van der Waals surface area contributed by atoms with Crippen molar-refractivity contribution in [3.8, 4) is 0 Å². The van der Waals surface area contributed by atoms with E-state index in [-0.39, 0.29) is 0 Å². The van der Waals surface area contributed by atoms with Crippen molar-refractivity contribution >= 4 is 5.69 Å². The Labute approximate surface area is 77.6 Å². The Morgan fingerprint density at radius 2 is 2.31 bits per heavy atom. The highest BCUT2D eigenvalue weighted by Crippen LogP contribution is 2.46. The van der Waals surface area contributed by atoms with Crippen LogP contribution in [0.25, 0.3) is 0 Å². The average molecular weight is 178 g/mol. The van der Waals surface area contributed by atoms with E-state index >= 15 is 0 Å². The number of nitrogens with two attached hydrogens (primary N) is 1. The third kappa shape index (κ3) is 1.40. The molecule has 0 aliphatic heterocycles. The van der Waals surface area contributed by atoms with Gasteiger partial charge in [0.15, 0.2) is 0 Å². The minimum absolute atomic E-state index is 0.360. The molecule has 1 fully saturated rings. The molecule has 3 heteroatoms. The standard InChI is InChI=1S/C10H14N2O/c1-10(13,7-2-3-7)8-6-12-5-4-9(8)11/h4-7,13H,2-3H2,1H3,(H2,11,12). The molecule has 0 spiro atoms. The molecule has 0 saturated heterocycles. The molecule has 1 atom stereocenters. The zero-order chi connectivity index (χ0) is 9.47. The van der Waals surface area contributed by atoms with Gasteiger partial charge in [-0.3, -0.25) is 4.98 Å². The highest BCUT2D eigenvalue weighted by molar-refractivity contribution is 5.48. The number of aromatic nitrogens is 1. The fourth-order valence-electron chi connectivity index (χ4n) is 1.69. The Balaban J connectivity index is 2.38. The smallest absolute Gasteiger partial charge is 0.0931 e. The van der Waals surface area contributed by atoms with Gasteiger partial charge in [0.2, 0.25) is 0 Å². The quantitative estimate of drug-likeness (QED) is 0.717. The molecule has 70 valence electrons. The van der Waals surface area contributed by atoms with Gasteiger partial charge in [-0.05, 0) is 31.7 Å². The number of hydrogen-bond donors (Lipinski definition) is 2. The van der Waals surface area contributed by atoms with Crippen LogP contribution in [0, 0.1) is 5.92 Å². The Bertz CT molecular complexity index is 318. The molecular formula is C10H14N2O. The Morgan fingerprint density at radius 3 is 2.85 bits per heavy atom. The summed E-state index contributed by atoms with van der Waals surface area (Å²) in [5.41, 5.74) is 6.37. The van der Waals surface area contributed by atoms with Crippen molar-refractivity contribution in [2.24, 2.45) is 5.92 Å². The van der Waals surface area contributed by atoms with Crippen molar-refractivity contribution in [3.63, 3.8) is 0 Å². The van der Waals surface area contributed by atoms with Gasteiger partial charge in [0.05, 0.1) is 5.60 Å². The molecule has 1 aromatic rings. The minimum atomic E-state index is -0.793. The van der Waals surface area contributed by atoms with Crippen molar-refractivity contribution in [1.29, 1.82) is 0 Å². The lowest BCUT2D eigenvalue weighted by atomic mass is 9.91. The molecule has 1 aliphatic carbocycles. The van der Waals surface area contributed by atoms with Crippen LogP contribution in [-0.4, -0.2) is 10.1 Å². The SMILES string of the molecule is CC(O)(c1cnccc1N)C1CC1. The molecular weight excluding hydrogens is 164 g/mol. The van der Waals surface area contributed by atoms with Crippen LogP contribution in [-0.2, 0) is 5.60 Å². The van der Waals surface area contributed by atoms with Crippen LogP contribution in [0.1, 0.15) is 25.3 Å². The maximum absolute atomic E-state index is 10.2. The van der Waals surface area contributed by atoms with Crippen molar-refractivity contribution in [1.82, 2.24) is 4.98 Å². The summed E-state index contributed by atoms with van der Waals surface area (Å²) in [6.07, 6.45) is 5.47. The van der Waals surface area contributed by atoms with Gasteiger partial charge < -0.3 is 10.8 Å². The first-order chi connectivity index (χ1) is 6.12. The van der Waals surface area contributed by atoms with Crippen LogP contribution in [0.15, 0.2) is 18.5 Å². The molecule has 3 nitrogen and oxygen atoms in total. The molecule has 0 amide bonds. The molecule has 3 N–H and O–H groups in total. The van der Waals surface area contributed by atoms with Crippen molar-refractivity contribution in [2.75, 3.05) is 5.73 Å². The zero-order valence-corrected chi connectivity index (χ0v) is 7.70. The number of pyridine rings is 1. The van der Waals surface area contributed by atoms with Crippen LogP contribution in [0.2, 0.25) is 0 Å². The first-order valence-corrected chi connectivity index (χ1v) is 4.54. The van der Waals surface area contributed by atoms with Crippen LogP contribution in [0.3, 0.4) is 0 Å². The molecule has 0 radical (unpaired) electrons. The topological polar surface area (TPSA) is 59.1 Å². The van der Waals surface area contributed by atoms with Gasteiger partial charge in [-0.15, -0.1) is 0 Å². The van der Waals surface area contributed by atoms with E-state index in [1.165, 1.54) is 0 Å². The molecule has 1 heterocycles. The molecule has 1 unspecified atom stereocenters. The minimum Gasteiger partial charge on any atom is -0.398 e. The van der Waals surface area contributed by atoms with E-state index < -0.39 is 5.60 Å². The van der Waals surface area contributed by atoms with Crippen molar-refractivity contribution in [2.45, 2.75) is 25.4 Å². The van der Waals surface area contributed by atoms with Crippen LogP contribution in [0.5, 0.6) is 0 Å². The Hall–Kier alpha value is -1.09. The summed E-state index contributed by atoms with van der Waals surface area (Å²) in [4.78, 5) is 3.98. The van der Waals surface area contributed by atoms with Crippen LogP contribution in [0.4, 0.5) is 5.69 Å². The molecule has 0 bridgehead atoms. The van der Waals surface area contributed by atoms with Gasteiger partial charge in [0.25, 0.3) is 0 Å². The maximum Gasteiger partial charge on any atom is 0.0931 e. The predicted octanol–water partition coefficient (Wildman–Crippen LogP) is 1.28. The molecule has 13 heavy (non-hydrogen) atoms. The Morgan fingerprint density at radius 1 is 1.62 bits per heavy atom. The van der Waals surface area contributed by atoms with E-state index in [0.717, 1.165) is 18.4 Å². The zero-order valence-electron chi connectivity index (χ0n) is 7.70. The van der Waals surface area contributed by atoms with E-state index in [1.807, 2.05) is 6.92 Å². The second-order valence-electron chi connectivity index (χ2n) is 3.88. The van der Waals surface area contributed by atoms with Gasteiger partial charge in [0.1, 0.15) is 0 Å². The monoisotopic (exact) mass is 178 g/mol. The molecule has 2 rings (SSSR count). The molecule has 1 saturated carbocycles. The summed E-state index contributed by atoms with van der Waals surface area (Å²) < 4.78 is 0. The number of rotatable bonds is 2. The molecule has 1 aromatic heterocycles. The van der Waals surface area contributed by atoms with Crippen molar-refractivity contribution in [3.05, 3.63) is 24.0 Å². The molecule has 1 aliphatic rings. The second kappa shape index (κ2) is 2.70. The lowest BCUT2D eigenvalue weighted by Gasteiger charge is -2.24. The van der Waals surface area contributed by atoms with Gasteiger partial charge in [-0.2, -0.15) is 0 Å². The maximum atomic E-state index is 10.2. The largest absolute Gasteiger partial charge is 0.398 e. The summed E-state index contributed by atoms with van der Waals surface area (Å²) in [6, 6.07) is 1.73. The summed E-state index contributed by atoms with van der Waals surface area (Å²) in [6.45, 7) is 1.82. The van der Waals surface area contributed by atoms with Gasteiger partial charge >= 0.3 is 0 Å². The lowest BCUT2D eigenvalue weighted by Crippen LogP contribution is -2.25. The third-order valence-electron chi connectivity index (χ3n) is 2.77. The number of nitrogen functional groups attached to an aromatic ring is 1. The summed E-state index contributed by atoms with van der Waals surface area (Å²) in [7, 11) is 0. The normalized spacial score (nSPS) is 21.1. The van der Waals surface area contributed by atoms with Gasteiger partial charge in [-0.1, -0.05) is 0 Å². The predicted molar refractivity (Wildman–Crippen MR) is 50.9 cm³/mol. The van der Waals surface area contributed by atoms with E-state index in [9.17, 15) is 5.11 Å². The number of nitrogens with zero attached hydrogens (tertiary/aromatic N) is 1. The summed E-state index contributed by atoms with van der Waals surface area (Å²) >= 11 is 0. The van der Waals surface area contributed by atoms with Gasteiger partial charge in [-0.25, -0.2) is 0 Å². The van der Waals surface area contributed by atoms with E-state index in [0.29, 0.717) is 11.6 Å². The van der Waals surface area contributed by atoms with Crippen molar-refractivity contribution < 1.29 is 5.11 Å². The number of aliphatic hydroxyl groups is 1. The van der Waals surface area contributed by atoms with E-state index in [4.69, 9.17) is 5.73 Å². The fourth-order valence-corrected chi connectivity index (χ4v) is 1.69. The fraction of sp³-hybridized carbons (Fsp3) is 0.500. The highest BCUT2D eigenvalue weighted by Gasteiger charge is 2.42. The number of anilines is 1. The van der Waals surface area contributed by atoms with E-state index in [2.05, 4.69) is 4.98 Å². The average Bonchev–Trinajstić information content (AvgIpc) is 2.86. The van der Waals surface area contributed by atoms with Crippen LogP contribution >= 0.6 is 0 Å². The first-order valence-electron chi connectivity index (χ1n) is 4.54. The second-order valence-corrected chi connectivity index (χ2v) is 3.88. The first kappa shape index (κ1) is 8.51.